The molecular weight excluding hydrogens is 278 g/mol. The molecule has 22 heavy (non-hydrogen) atoms. The summed E-state index contributed by atoms with van der Waals surface area (Å²) in [5.41, 5.74) is 3.90. The summed E-state index contributed by atoms with van der Waals surface area (Å²) in [5, 5.41) is 8.41. The Balaban J connectivity index is 1.64. The number of fused-ring (bicyclic) bond motifs is 1. The van der Waals surface area contributed by atoms with Crippen LogP contribution in [0.1, 0.15) is 48.1 Å². The normalized spacial score (nSPS) is 17.5. The van der Waals surface area contributed by atoms with E-state index in [1.807, 2.05) is 0 Å². The molecule has 4 rings (SSSR count). The maximum atomic E-state index is 5.82. The van der Waals surface area contributed by atoms with Gasteiger partial charge in [0.05, 0.1) is 19.3 Å². The van der Waals surface area contributed by atoms with Gasteiger partial charge in [0.15, 0.2) is 0 Å². The lowest BCUT2D eigenvalue weighted by atomic mass is 9.96. The Morgan fingerprint density at radius 3 is 2.95 bits per heavy atom. The van der Waals surface area contributed by atoms with Crippen LogP contribution in [0.15, 0.2) is 16.5 Å². The lowest BCUT2D eigenvalue weighted by Gasteiger charge is -2.32. The molecule has 5 nitrogen and oxygen atoms in total. The lowest BCUT2D eigenvalue weighted by molar-refractivity contribution is 0.408. The second-order valence-corrected chi connectivity index (χ2v) is 6.25. The van der Waals surface area contributed by atoms with Crippen LogP contribution in [0.5, 0.6) is 5.75 Å². The fourth-order valence-electron chi connectivity index (χ4n) is 3.25. The highest BCUT2D eigenvalue weighted by atomic mass is 16.5. The molecule has 0 amide bonds. The van der Waals surface area contributed by atoms with Gasteiger partial charge in [-0.2, -0.15) is 0 Å². The number of ether oxygens (including phenoxy) is 1. The highest BCUT2D eigenvalue weighted by Crippen LogP contribution is 2.40. The molecule has 2 aromatic rings. The van der Waals surface area contributed by atoms with E-state index in [0.29, 0.717) is 18.4 Å². The first-order valence-electron chi connectivity index (χ1n) is 8.00. The minimum absolute atomic E-state index is 0.506. The van der Waals surface area contributed by atoms with Crippen molar-refractivity contribution in [1.29, 1.82) is 0 Å². The summed E-state index contributed by atoms with van der Waals surface area (Å²) in [6.45, 7) is 3.82. The van der Waals surface area contributed by atoms with Gasteiger partial charge in [0.25, 0.3) is 0 Å². The summed E-state index contributed by atoms with van der Waals surface area (Å²) in [4.78, 5) is 2.31. The van der Waals surface area contributed by atoms with Crippen LogP contribution in [-0.2, 0) is 13.0 Å². The molecule has 0 radical (unpaired) electrons. The van der Waals surface area contributed by atoms with Crippen molar-refractivity contribution in [3.8, 4) is 5.75 Å². The molecule has 5 heteroatoms. The number of rotatable bonds is 4. The fraction of sp³-hybridized carbons (Fsp3) is 0.529. The van der Waals surface area contributed by atoms with Crippen LogP contribution >= 0.6 is 0 Å². The van der Waals surface area contributed by atoms with Gasteiger partial charge in [-0.25, -0.2) is 0 Å². The van der Waals surface area contributed by atoms with Crippen LogP contribution in [0.3, 0.4) is 0 Å². The second-order valence-electron chi connectivity index (χ2n) is 6.25. The molecule has 0 bridgehead atoms. The lowest BCUT2D eigenvalue weighted by Crippen LogP contribution is -2.30. The summed E-state index contributed by atoms with van der Waals surface area (Å²) >= 11 is 0. The highest BCUT2D eigenvalue weighted by Gasteiger charge is 2.30. The monoisotopic (exact) mass is 299 g/mol. The number of aromatic nitrogens is 2. The molecule has 1 aromatic carbocycles. The molecule has 1 saturated carbocycles. The molecule has 1 aliphatic carbocycles. The van der Waals surface area contributed by atoms with E-state index in [9.17, 15) is 0 Å². The van der Waals surface area contributed by atoms with Gasteiger partial charge in [0, 0.05) is 12.5 Å². The molecule has 1 fully saturated rings. The highest BCUT2D eigenvalue weighted by molar-refractivity contribution is 5.67. The van der Waals surface area contributed by atoms with E-state index in [-0.39, 0.29) is 0 Å². The van der Waals surface area contributed by atoms with E-state index < -0.39 is 0 Å². The number of methoxy groups -OCH3 is 1. The van der Waals surface area contributed by atoms with Gasteiger partial charge < -0.3 is 14.1 Å². The van der Waals surface area contributed by atoms with Crippen molar-refractivity contribution in [1.82, 2.24) is 10.2 Å². The van der Waals surface area contributed by atoms with Gasteiger partial charge in [0.1, 0.15) is 5.75 Å². The quantitative estimate of drug-likeness (QED) is 0.867. The zero-order chi connectivity index (χ0) is 15.1. The zero-order valence-electron chi connectivity index (χ0n) is 13.1. The maximum Gasteiger partial charge on any atom is 0.235 e. The smallest absolute Gasteiger partial charge is 0.235 e. The third-order valence-corrected chi connectivity index (χ3v) is 4.61. The number of nitrogens with zero attached hydrogens (tertiary/aromatic N) is 3. The van der Waals surface area contributed by atoms with E-state index >= 15 is 0 Å². The average molecular weight is 299 g/mol. The first kappa shape index (κ1) is 13.6. The van der Waals surface area contributed by atoms with Gasteiger partial charge >= 0.3 is 0 Å². The molecule has 2 heterocycles. The van der Waals surface area contributed by atoms with Gasteiger partial charge in [-0.3, -0.25) is 0 Å². The number of benzene rings is 1. The molecule has 1 aliphatic heterocycles. The predicted molar refractivity (Wildman–Crippen MR) is 83.4 cm³/mol. The van der Waals surface area contributed by atoms with Crippen molar-refractivity contribution in [2.24, 2.45) is 0 Å². The summed E-state index contributed by atoms with van der Waals surface area (Å²) < 4.78 is 11.4. The Labute approximate surface area is 130 Å². The van der Waals surface area contributed by atoms with E-state index in [2.05, 4.69) is 34.2 Å². The Kier molecular flexibility index (Phi) is 3.28. The van der Waals surface area contributed by atoms with E-state index in [4.69, 9.17) is 9.15 Å². The summed E-state index contributed by atoms with van der Waals surface area (Å²) in [6.07, 6.45) is 4.61. The maximum absolute atomic E-state index is 5.82. The molecule has 1 aromatic heterocycles. The largest absolute Gasteiger partial charge is 0.495 e. The SMILES string of the molecule is COc1ccc(C)c2c1N(Cc1nnc(C3CC3)o1)CCC2. The zero-order valence-corrected chi connectivity index (χ0v) is 13.1. The number of aryl methyl sites for hydroxylation is 1. The second kappa shape index (κ2) is 5.30. The minimum atomic E-state index is 0.506. The van der Waals surface area contributed by atoms with Crippen LogP contribution in [0.25, 0.3) is 0 Å². The molecule has 0 spiro atoms. The van der Waals surface area contributed by atoms with Crippen molar-refractivity contribution in [2.45, 2.75) is 45.1 Å². The van der Waals surface area contributed by atoms with Crippen molar-refractivity contribution >= 4 is 5.69 Å². The molecule has 0 atom stereocenters. The summed E-state index contributed by atoms with van der Waals surface area (Å²) in [5.74, 6) is 2.95. The van der Waals surface area contributed by atoms with E-state index in [1.54, 1.807) is 7.11 Å². The van der Waals surface area contributed by atoms with Gasteiger partial charge in [0.2, 0.25) is 11.8 Å². The van der Waals surface area contributed by atoms with Crippen molar-refractivity contribution in [2.75, 3.05) is 18.6 Å². The van der Waals surface area contributed by atoms with Gasteiger partial charge in [-0.15, -0.1) is 10.2 Å². The van der Waals surface area contributed by atoms with Gasteiger partial charge in [-0.1, -0.05) is 6.07 Å². The molecule has 116 valence electrons. The Morgan fingerprint density at radius 1 is 1.32 bits per heavy atom. The Bertz CT molecular complexity index is 691. The number of hydrogen-bond acceptors (Lipinski definition) is 5. The molecule has 2 aliphatic rings. The number of anilines is 1. The first-order chi connectivity index (χ1) is 10.8. The minimum Gasteiger partial charge on any atom is -0.495 e. The molecule has 0 saturated heterocycles. The Hall–Kier alpha value is -2.04. The predicted octanol–water partition coefficient (Wildman–Crippen LogP) is 3.22. The standard InChI is InChI=1S/C17H21N3O2/c1-11-5-8-14(21-2)16-13(11)4-3-9-20(16)10-15-18-19-17(22-15)12-6-7-12/h5,8,12H,3-4,6-7,9-10H2,1-2H3. The summed E-state index contributed by atoms with van der Waals surface area (Å²) in [6, 6.07) is 4.19. The van der Waals surface area contributed by atoms with Gasteiger partial charge in [-0.05, 0) is 49.8 Å². The third kappa shape index (κ3) is 2.34. The van der Waals surface area contributed by atoms with E-state index in [0.717, 1.165) is 31.0 Å². The van der Waals surface area contributed by atoms with Crippen LogP contribution in [0.2, 0.25) is 0 Å². The number of hydrogen-bond donors (Lipinski definition) is 0. The van der Waals surface area contributed by atoms with Crippen molar-refractivity contribution in [3.05, 3.63) is 35.0 Å². The first-order valence-corrected chi connectivity index (χ1v) is 8.00. The van der Waals surface area contributed by atoms with Crippen molar-refractivity contribution in [3.63, 3.8) is 0 Å². The third-order valence-electron chi connectivity index (χ3n) is 4.61. The van der Waals surface area contributed by atoms with Crippen LogP contribution < -0.4 is 9.64 Å². The molecule has 0 N–H and O–H groups in total. The van der Waals surface area contributed by atoms with Crippen LogP contribution in [0, 0.1) is 6.92 Å². The average Bonchev–Trinajstić information content (AvgIpc) is 3.29. The Morgan fingerprint density at radius 2 is 2.18 bits per heavy atom. The summed E-state index contributed by atoms with van der Waals surface area (Å²) in [7, 11) is 1.73. The molecular formula is C17H21N3O2. The topological polar surface area (TPSA) is 51.4 Å². The van der Waals surface area contributed by atoms with Crippen LogP contribution in [-0.4, -0.2) is 23.9 Å². The van der Waals surface area contributed by atoms with Crippen molar-refractivity contribution < 1.29 is 9.15 Å². The molecule has 0 unspecified atom stereocenters. The fourth-order valence-corrected chi connectivity index (χ4v) is 3.25. The van der Waals surface area contributed by atoms with Crippen LogP contribution in [0.4, 0.5) is 5.69 Å². The van der Waals surface area contributed by atoms with E-state index in [1.165, 1.54) is 29.7 Å².